The van der Waals surface area contributed by atoms with Crippen molar-refractivity contribution in [3.63, 3.8) is 0 Å². The number of carbonyl (C=O) groups excluding carboxylic acids is 2. The van der Waals surface area contributed by atoms with Gasteiger partial charge in [-0.2, -0.15) is 0 Å². The van der Waals surface area contributed by atoms with Crippen LogP contribution < -0.4 is 16.2 Å². The van der Waals surface area contributed by atoms with E-state index in [0.717, 1.165) is 11.1 Å². The molecule has 3 rings (SSSR count). The summed E-state index contributed by atoms with van der Waals surface area (Å²) in [5, 5.41) is 13.2. The van der Waals surface area contributed by atoms with Crippen LogP contribution in [0.25, 0.3) is 0 Å². The Hall–Kier alpha value is -4.11. The van der Waals surface area contributed by atoms with E-state index in [1.165, 1.54) is 24.3 Å². The van der Waals surface area contributed by atoms with Crippen molar-refractivity contribution in [2.45, 2.75) is 5.92 Å². The number of carbonyl (C=O) groups is 2. The van der Waals surface area contributed by atoms with Crippen LogP contribution in [0, 0.1) is 10.1 Å². The van der Waals surface area contributed by atoms with Crippen molar-refractivity contribution in [1.82, 2.24) is 16.2 Å². The largest absolute Gasteiger partial charge is 0.297 e. The topological polar surface area (TPSA) is 113 Å². The summed E-state index contributed by atoms with van der Waals surface area (Å²) in [7, 11) is 0. The molecule has 0 bridgehead atoms. The smallest absolute Gasteiger partial charge is 0.282 e. The van der Waals surface area contributed by atoms with Gasteiger partial charge in [-0.1, -0.05) is 72.8 Å². The lowest BCUT2D eigenvalue weighted by Gasteiger charge is -2.19. The molecule has 0 spiro atoms. The van der Waals surface area contributed by atoms with Gasteiger partial charge in [0.2, 0.25) is 5.91 Å². The number of thiocarbonyl (C=S) groups is 1. The summed E-state index contributed by atoms with van der Waals surface area (Å²) in [6.07, 6.45) is 0. The van der Waals surface area contributed by atoms with Gasteiger partial charge in [0.25, 0.3) is 11.6 Å². The molecule has 2 amide bonds. The lowest BCUT2D eigenvalue weighted by molar-refractivity contribution is -0.385. The quantitative estimate of drug-likeness (QED) is 0.323. The van der Waals surface area contributed by atoms with Gasteiger partial charge in [0.05, 0.1) is 10.8 Å². The fourth-order valence-corrected chi connectivity index (χ4v) is 3.15. The third-order valence-electron chi connectivity index (χ3n) is 4.40. The molecule has 9 heteroatoms. The Labute approximate surface area is 183 Å². The van der Waals surface area contributed by atoms with E-state index in [9.17, 15) is 19.7 Å². The van der Waals surface area contributed by atoms with E-state index in [-0.39, 0.29) is 22.3 Å². The van der Waals surface area contributed by atoms with Crippen molar-refractivity contribution in [1.29, 1.82) is 0 Å². The first kappa shape index (κ1) is 21.6. The molecular formula is C22H18N4O4S. The molecule has 0 saturated carbocycles. The van der Waals surface area contributed by atoms with Gasteiger partial charge >= 0.3 is 0 Å². The highest BCUT2D eigenvalue weighted by atomic mass is 32.1. The van der Waals surface area contributed by atoms with Gasteiger partial charge in [-0.05, 0) is 29.4 Å². The van der Waals surface area contributed by atoms with Crippen molar-refractivity contribution < 1.29 is 14.5 Å². The number of benzene rings is 3. The molecule has 8 nitrogen and oxygen atoms in total. The number of hydrogen-bond donors (Lipinski definition) is 3. The first-order valence-corrected chi connectivity index (χ1v) is 9.62. The number of nitro groups is 1. The zero-order valence-corrected chi connectivity index (χ0v) is 17.0. The highest BCUT2D eigenvalue weighted by Crippen LogP contribution is 2.24. The average Bonchev–Trinajstić information content (AvgIpc) is 2.79. The second-order valence-corrected chi connectivity index (χ2v) is 6.83. The second kappa shape index (κ2) is 10.1. The third-order valence-corrected chi connectivity index (χ3v) is 4.60. The number of amides is 2. The zero-order chi connectivity index (χ0) is 22.2. The van der Waals surface area contributed by atoms with E-state index >= 15 is 0 Å². The van der Waals surface area contributed by atoms with E-state index < -0.39 is 16.7 Å². The molecule has 156 valence electrons. The van der Waals surface area contributed by atoms with Crippen LogP contribution in [-0.2, 0) is 4.79 Å². The molecule has 0 atom stereocenters. The lowest BCUT2D eigenvalue weighted by Crippen LogP contribution is -2.49. The maximum atomic E-state index is 12.9. The lowest BCUT2D eigenvalue weighted by atomic mass is 9.91. The first-order valence-electron chi connectivity index (χ1n) is 9.22. The van der Waals surface area contributed by atoms with Gasteiger partial charge in [-0.3, -0.25) is 35.9 Å². The van der Waals surface area contributed by atoms with Crippen molar-refractivity contribution in [3.8, 4) is 0 Å². The predicted octanol–water partition coefficient (Wildman–Crippen LogP) is 3.06. The number of nitrogens with one attached hydrogen (secondary N) is 3. The van der Waals surface area contributed by atoms with Crippen LogP contribution in [0.2, 0.25) is 0 Å². The second-order valence-electron chi connectivity index (χ2n) is 6.43. The SMILES string of the molecule is O=C(NC(=S)NNC(=O)C(c1ccccc1)c1ccccc1)c1ccccc1[N+](=O)[O-]. The zero-order valence-electron chi connectivity index (χ0n) is 16.1. The highest BCUT2D eigenvalue weighted by molar-refractivity contribution is 7.80. The van der Waals surface area contributed by atoms with Crippen LogP contribution in [0.3, 0.4) is 0 Å². The van der Waals surface area contributed by atoms with Crippen molar-refractivity contribution in [2.24, 2.45) is 0 Å². The van der Waals surface area contributed by atoms with E-state index in [1.54, 1.807) is 0 Å². The Kier molecular flexibility index (Phi) is 7.02. The van der Waals surface area contributed by atoms with Gasteiger partial charge in [-0.25, -0.2) is 0 Å². The molecule has 3 N–H and O–H groups in total. The Morgan fingerprint density at radius 1 is 0.806 bits per heavy atom. The van der Waals surface area contributed by atoms with Crippen molar-refractivity contribution in [3.05, 3.63) is 112 Å². The van der Waals surface area contributed by atoms with Gasteiger partial charge in [0.1, 0.15) is 5.56 Å². The van der Waals surface area contributed by atoms with Gasteiger partial charge in [0.15, 0.2) is 5.11 Å². The average molecular weight is 434 g/mol. The van der Waals surface area contributed by atoms with Crippen LogP contribution >= 0.6 is 12.2 Å². The number of rotatable bonds is 5. The Morgan fingerprint density at radius 3 is 1.87 bits per heavy atom. The first-order chi connectivity index (χ1) is 15.0. The number of para-hydroxylation sites is 1. The van der Waals surface area contributed by atoms with Gasteiger partial charge < -0.3 is 0 Å². The van der Waals surface area contributed by atoms with Crippen LogP contribution in [-0.4, -0.2) is 21.9 Å². The van der Waals surface area contributed by atoms with Crippen LogP contribution in [0.1, 0.15) is 27.4 Å². The van der Waals surface area contributed by atoms with E-state index in [2.05, 4.69) is 16.2 Å². The summed E-state index contributed by atoms with van der Waals surface area (Å²) in [6, 6.07) is 23.9. The minimum absolute atomic E-state index is 0.144. The summed E-state index contributed by atoms with van der Waals surface area (Å²) in [5.41, 5.74) is 6.05. The van der Waals surface area contributed by atoms with E-state index in [4.69, 9.17) is 12.2 Å². The van der Waals surface area contributed by atoms with Crippen LogP contribution in [0.15, 0.2) is 84.9 Å². The fourth-order valence-electron chi connectivity index (χ4n) is 3.00. The van der Waals surface area contributed by atoms with Crippen molar-refractivity contribution in [2.75, 3.05) is 0 Å². The van der Waals surface area contributed by atoms with Gasteiger partial charge in [-0.15, -0.1) is 0 Å². The molecular weight excluding hydrogens is 416 g/mol. The number of hydrazine groups is 1. The molecule has 0 aliphatic carbocycles. The summed E-state index contributed by atoms with van der Waals surface area (Å²) in [6.45, 7) is 0. The van der Waals surface area contributed by atoms with Crippen molar-refractivity contribution >= 4 is 34.8 Å². The highest BCUT2D eigenvalue weighted by Gasteiger charge is 2.23. The van der Waals surface area contributed by atoms with E-state index in [0.29, 0.717) is 0 Å². The molecule has 3 aromatic rings. The Morgan fingerprint density at radius 2 is 1.32 bits per heavy atom. The minimum Gasteiger partial charge on any atom is -0.297 e. The number of hydrogen-bond acceptors (Lipinski definition) is 5. The third kappa shape index (κ3) is 5.49. The number of nitrogens with zero attached hydrogens (tertiary/aromatic N) is 1. The van der Waals surface area contributed by atoms with E-state index in [1.807, 2.05) is 60.7 Å². The molecule has 0 aliphatic rings. The van der Waals surface area contributed by atoms with Gasteiger partial charge in [0, 0.05) is 6.07 Å². The molecule has 0 aliphatic heterocycles. The summed E-state index contributed by atoms with van der Waals surface area (Å²) >= 11 is 5.05. The Bertz CT molecular complexity index is 1070. The fraction of sp³-hybridized carbons (Fsp3) is 0.0455. The molecule has 0 radical (unpaired) electrons. The summed E-state index contributed by atoms with van der Waals surface area (Å²) in [4.78, 5) is 35.7. The molecule has 3 aromatic carbocycles. The standard InChI is InChI=1S/C22H18N4O4S/c27-20(17-13-7-8-14-18(17)26(29)30)23-22(31)25-24-21(28)19(15-9-3-1-4-10-15)16-11-5-2-6-12-16/h1-14,19H,(H,24,28)(H2,23,25,27,31). The molecule has 31 heavy (non-hydrogen) atoms. The minimum atomic E-state index is -0.762. The monoisotopic (exact) mass is 434 g/mol. The molecule has 0 unspecified atom stereocenters. The number of nitro benzene ring substituents is 1. The summed E-state index contributed by atoms with van der Waals surface area (Å²) in [5.74, 6) is -1.76. The molecule has 0 aromatic heterocycles. The molecule has 0 saturated heterocycles. The molecule has 0 fully saturated rings. The molecule has 0 heterocycles. The maximum Gasteiger partial charge on any atom is 0.282 e. The Balaban J connectivity index is 1.68. The normalized spacial score (nSPS) is 10.2. The predicted molar refractivity (Wildman–Crippen MR) is 119 cm³/mol. The van der Waals surface area contributed by atoms with Crippen LogP contribution in [0.4, 0.5) is 5.69 Å². The maximum absolute atomic E-state index is 12.9. The summed E-state index contributed by atoms with van der Waals surface area (Å²) < 4.78 is 0. The van der Waals surface area contributed by atoms with Crippen LogP contribution in [0.5, 0.6) is 0 Å².